The SMILES string of the molecule is C=C(C)c1cc(CC2CC3(CCN(CC4CCN(Cc5c(C)cc(C(=C/NC=O)/C(/C=C\C)=C(\C)CNCCC)cc5C)CC4)CC3)C2)ccc1CC. The van der Waals surface area contributed by atoms with Crippen molar-refractivity contribution in [1.29, 1.82) is 0 Å². The fraction of sp³-hybridized carbons (Fsp3) is 0.562. The second-order valence-corrected chi connectivity index (χ2v) is 16.9. The maximum atomic E-state index is 11.4. The van der Waals surface area contributed by atoms with Crippen LogP contribution in [-0.4, -0.2) is 62.0 Å². The van der Waals surface area contributed by atoms with Gasteiger partial charge in [-0.25, -0.2) is 0 Å². The molecule has 1 amide bonds. The number of hydrogen-bond donors (Lipinski definition) is 2. The summed E-state index contributed by atoms with van der Waals surface area (Å²) in [6.45, 7) is 28.6. The van der Waals surface area contributed by atoms with Gasteiger partial charge in [-0.05, 0) is 187 Å². The van der Waals surface area contributed by atoms with Crippen LogP contribution < -0.4 is 10.6 Å². The summed E-state index contributed by atoms with van der Waals surface area (Å²) in [5.74, 6) is 1.67. The van der Waals surface area contributed by atoms with Gasteiger partial charge in [0.25, 0.3) is 0 Å². The van der Waals surface area contributed by atoms with E-state index in [0.717, 1.165) is 67.4 Å². The molecule has 3 aliphatic rings. The molecule has 0 unspecified atom stereocenters. The van der Waals surface area contributed by atoms with Crippen LogP contribution in [0.1, 0.15) is 119 Å². The van der Waals surface area contributed by atoms with Gasteiger partial charge in [-0.1, -0.05) is 74.1 Å². The lowest BCUT2D eigenvalue weighted by atomic mass is 9.56. The highest BCUT2D eigenvalue weighted by Crippen LogP contribution is 2.53. The molecule has 2 saturated heterocycles. The van der Waals surface area contributed by atoms with E-state index < -0.39 is 0 Å². The summed E-state index contributed by atoms with van der Waals surface area (Å²) in [4.78, 5) is 16.9. The molecule has 2 aliphatic heterocycles. The van der Waals surface area contributed by atoms with Gasteiger partial charge >= 0.3 is 0 Å². The third-order valence-corrected chi connectivity index (χ3v) is 12.7. The highest BCUT2D eigenvalue weighted by molar-refractivity contribution is 5.84. The zero-order valence-electron chi connectivity index (χ0n) is 34.4. The number of likely N-dealkylation sites (tertiary alicyclic amines) is 2. The van der Waals surface area contributed by atoms with Crippen LogP contribution in [0.2, 0.25) is 0 Å². The van der Waals surface area contributed by atoms with Crippen molar-refractivity contribution in [2.24, 2.45) is 17.3 Å². The molecule has 5 rings (SSSR count). The number of allylic oxidation sites excluding steroid dienone is 5. The van der Waals surface area contributed by atoms with E-state index in [1.165, 1.54) is 122 Å². The average Bonchev–Trinajstić information content (AvgIpc) is 3.13. The van der Waals surface area contributed by atoms with Crippen LogP contribution in [-0.2, 0) is 24.2 Å². The Bertz CT molecular complexity index is 1620. The molecule has 1 spiro atoms. The molecular weight excluding hydrogens is 649 g/mol. The van der Waals surface area contributed by atoms with Crippen molar-refractivity contribution in [3.05, 3.63) is 105 Å². The zero-order valence-corrected chi connectivity index (χ0v) is 34.4. The van der Waals surface area contributed by atoms with E-state index in [1.807, 2.05) is 6.20 Å². The summed E-state index contributed by atoms with van der Waals surface area (Å²) in [5, 5.41) is 6.38. The minimum atomic E-state index is 0.618. The largest absolute Gasteiger partial charge is 0.335 e. The van der Waals surface area contributed by atoms with Gasteiger partial charge in [-0.15, -0.1) is 0 Å². The molecule has 0 atom stereocenters. The number of nitrogens with zero attached hydrogens (tertiary/aromatic N) is 2. The average molecular weight is 719 g/mol. The summed E-state index contributed by atoms with van der Waals surface area (Å²) >= 11 is 0. The molecule has 1 aliphatic carbocycles. The Hall–Kier alpha value is -3.25. The number of rotatable bonds is 17. The first kappa shape index (κ1) is 40.9. The summed E-state index contributed by atoms with van der Waals surface area (Å²) in [5.41, 5.74) is 14.9. The van der Waals surface area contributed by atoms with Gasteiger partial charge in [0.05, 0.1) is 0 Å². The van der Waals surface area contributed by atoms with Gasteiger partial charge in [-0.3, -0.25) is 9.69 Å². The van der Waals surface area contributed by atoms with Gasteiger partial charge < -0.3 is 15.5 Å². The predicted octanol–water partition coefficient (Wildman–Crippen LogP) is 9.82. The second-order valence-electron chi connectivity index (χ2n) is 16.9. The van der Waals surface area contributed by atoms with Crippen molar-refractivity contribution in [2.45, 2.75) is 113 Å². The third kappa shape index (κ3) is 10.7. The van der Waals surface area contributed by atoms with Gasteiger partial charge in [-0.2, -0.15) is 0 Å². The van der Waals surface area contributed by atoms with Gasteiger partial charge in [0, 0.05) is 31.4 Å². The smallest absolute Gasteiger partial charge is 0.211 e. The number of carbonyl (C=O) groups is 1. The van der Waals surface area contributed by atoms with Crippen molar-refractivity contribution in [2.75, 3.05) is 45.8 Å². The van der Waals surface area contributed by atoms with Crippen LogP contribution in [0.15, 0.2) is 66.4 Å². The quantitative estimate of drug-likeness (QED) is 0.0972. The fourth-order valence-corrected chi connectivity index (χ4v) is 9.64. The highest BCUT2D eigenvalue weighted by atomic mass is 16.1. The lowest BCUT2D eigenvalue weighted by molar-refractivity contribution is -0.108. The Balaban J connectivity index is 1.10. The van der Waals surface area contributed by atoms with Gasteiger partial charge in [0.15, 0.2) is 0 Å². The standard InChI is InChI=1S/C48H70N4O/c1-9-12-44(38(8)30-49-19-10-2)46(31-50-34-53)43-24-36(6)47(37(7)25-43)33-51-20-15-39(16-21-51)32-52-22-17-48(18-23-52)28-41(29-48)26-40-13-14-42(11-3)45(27-40)35(4)5/h9,12-14,24-25,27,31,34,39,41,49H,4,10-11,15-23,26,28-30,32-33H2,1-3,5-8H3,(H,50,53)/b12-9-,44-38+,46-31-. The molecule has 2 heterocycles. The number of benzene rings is 2. The topological polar surface area (TPSA) is 47.6 Å². The summed E-state index contributed by atoms with van der Waals surface area (Å²) < 4.78 is 0. The molecule has 2 N–H and O–H groups in total. The fourth-order valence-electron chi connectivity index (χ4n) is 9.64. The first-order valence-electron chi connectivity index (χ1n) is 20.8. The Morgan fingerprint density at radius 3 is 2.26 bits per heavy atom. The van der Waals surface area contributed by atoms with Crippen molar-refractivity contribution < 1.29 is 4.79 Å². The van der Waals surface area contributed by atoms with E-state index >= 15 is 0 Å². The first-order chi connectivity index (χ1) is 25.6. The van der Waals surface area contributed by atoms with E-state index in [4.69, 9.17) is 0 Å². The van der Waals surface area contributed by atoms with Crippen LogP contribution in [0.25, 0.3) is 11.1 Å². The van der Waals surface area contributed by atoms with Gasteiger partial charge in [0.1, 0.15) is 0 Å². The third-order valence-electron chi connectivity index (χ3n) is 12.7. The van der Waals surface area contributed by atoms with Crippen molar-refractivity contribution in [3.8, 4) is 0 Å². The molecule has 0 aromatic heterocycles. The van der Waals surface area contributed by atoms with Gasteiger partial charge in [0.2, 0.25) is 6.41 Å². The summed E-state index contributed by atoms with van der Waals surface area (Å²) in [7, 11) is 0. The molecule has 1 saturated carbocycles. The minimum Gasteiger partial charge on any atom is -0.335 e. The van der Waals surface area contributed by atoms with Crippen LogP contribution in [0.5, 0.6) is 0 Å². The molecule has 0 radical (unpaired) electrons. The Morgan fingerprint density at radius 1 is 0.962 bits per heavy atom. The maximum absolute atomic E-state index is 11.4. The molecule has 3 fully saturated rings. The second kappa shape index (κ2) is 19.4. The zero-order chi connectivity index (χ0) is 38.0. The van der Waals surface area contributed by atoms with Crippen LogP contribution in [0.3, 0.4) is 0 Å². The number of amides is 1. The monoisotopic (exact) mass is 719 g/mol. The minimum absolute atomic E-state index is 0.618. The molecule has 0 bridgehead atoms. The number of piperidine rings is 2. The molecule has 288 valence electrons. The lowest BCUT2D eigenvalue weighted by Gasteiger charge is -2.53. The van der Waals surface area contributed by atoms with Crippen molar-refractivity contribution in [3.63, 3.8) is 0 Å². The van der Waals surface area contributed by atoms with Crippen LogP contribution in [0.4, 0.5) is 0 Å². The first-order valence-corrected chi connectivity index (χ1v) is 20.8. The molecule has 2 aromatic rings. The normalized spacial score (nSPS) is 19.4. The van der Waals surface area contributed by atoms with Crippen LogP contribution in [0, 0.1) is 31.1 Å². The van der Waals surface area contributed by atoms with E-state index in [1.54, 1.807) is 0 Å². The Kier molecular flexibility index (Phi) is 15.0. The number of carbonyl (C=O) groups excluding carboxylic acids is 1. The maximum Gasteiger partial charge on any atom is 0.211 e. The van der Waals surface area contributed by atoms with Crippen molar-refractivity contribution in [1.82, 2.24) is 20.4 Å². The summed E-state index contributed by atoms with van der Waals surface area (Å²) in [6, 6.07) is 11.8. The number of aryl methyl sites for hydroxylation is 3. The van der Waals surface area contributed by atoms with E-state index in [2.05, 4.69) is 118 Å². The molecule has 5 heteroatoms. The predicted molar refractivity (Wildman–Crippen MR) is 227 cm³/mol. The van der Waals surface area contributed by atoms with E-state index in [0.29, 0.717) is 5.41 Å². The molecular formula is C48H70N4O. The summed E-state index contributed by atoms with van der Waals surface area (Å²) in [6.07, 6.45) is 18.5. The van der Waals surface area contributed by atoms with Crippen molar-refractivity contribution >= 4 is 17.6 Å². The van der Waals surface area contributed by atoms with E-state index in [-0.39, 0.29) is 0 Å². The lowest BCUT2D eigenvalue weighted by Crippen LogP contribution is -2.49. The molecule has 5 nitrogen and oxygen atoms in total. The molecule has 2 aromatic carbocycles. The van der Waals surface area contributed by atoms with E-state index in [9.17, 15) is 4.79 Å². The Labute approximate surface area is 323 Å². The highest BCUT2D eigenvalue weighted by Gasteiger charge is 2.45. The molecule has 53 heavy (non-hydrogen) atoms. The number of hydrogen-bond acceptors (Lipinski definition) is 4. The Morgan fingerprint density at radius 2 is 1.66 bits per heavy atom. The van der Waals surface area contributed by atoms with Crippen LogP contribution >= 0.6 is 0 Å². The number of nitrogens with one attached hydrogen (secondary N) is 2.